The lowest BCUT2D eigenvalue weighted by molar-refractivity contribution is -0.118. The number of hydrogen-bond donors (Lipinski definition) is 2. The second-order valence-corrected chi connectivity index (χ2v) is 6.87. The molecule has 0 saturated heterocycles. The molecule has 0 unspecified atom stereocenters. The lowest BCUT2D eigenvalue weighted by Crippen LogP contribution is -2.48. The fraction of sp³-hybridized carbons (Fsp3) is 0.263. The Morgan fingerprint density at radius 1 is 1.27 bits per heavy atom. The summed E-state index contributed by atoms with van der Waals surface area (Å²) in [6, 6.07) is 7.91. The third kappa shape index (κ3) is 3.39. The van der Waals surface area contributed by atoms with Crippen LogP contribution in [-0.2, 0) is 4.79 Å². The highest BCUT2D eigenvalue weighted by molar-refractivity contribution is 5.96. The van der Waals surface area contributed by atoms with E-state index in [9.17, 15) is 9.18 Å². The molecule has 26 heavy (non-hydrogen) atoms. The van der Waals surface area contributed by atoms with Gasteiger partial charge in [-0.15, -0.1) is 0 Å². The molecular formula is C19H21FN4O2. The molecule has 1 amide bonds. The molecule has 2 heterocycles. The van der Waals surface area contributed by atoms with Crippen LogP contribution in [0.2, 0.25) is 0 Å². The molecule has 0 radical (unpaired) electrons. The number of amides is 1. The number of pyridine rings is 1. The van der Waals surface area contributed by atoms with Crippen LogP contribution in [-0.4, -0.2) is 28.0 Å². The van der Waals surface area contributed by atoms with E-state index in [2.05, 4.69) is 9.97 Å². The quantitative estimate of drug-likeness (QED) is 0.748. The van der Waals surface area contributed by atoms with E-state index in [0.717, 1.165) is 5.39 Å². The van der Waals surface area contributed by atoms with Gasteiger partial charge in [0.25, 0.3) is 0 Å². The monoisotopic (exact) mass is 356 g/mol. The molecule has 3 N–H and O–H groups in total. The van der Waals surface area contributed by atoms with Crippen LogP contribution in [0, 0.1) is 5.82 Å². The van der Waals surface area contributed by atoms with Crippen molar-refractivity contribution in [3.63, 3.8) is 0 Å². The van der Waals surface area contributed by atoms with Crippen molar-refractivity contribution < 1.29 is 13.9 Å². The number of anilines is 1. The second kappa shape index (κ2) is 6.76. The number of rotatable bonds is 4. The molecule has 136 valence electrons. The Balaban J connectivity index is 1.94. The number of aromatic nitrogens is 2. The van der Waals surface area contributed by atoms with Crippen molar-refractivity contribution in [1.82, 2.24) is 9.97 Å². The largest absolute Gasteiger partial charge is 0.453 e. The maximum atomic E-state index is 14.7. The Bertz CT molecular complexity index is 946. The zero-order chi connectivity index (χ0) is 18.9. The van der Waals surface area contributed by atoms with Crippen molar-refractivity contribution in [3.05, 3.63) is 48.5 Å². The second-order valence-electron chi connectivity index (χ2n) is 6.87. The van der Waals surface area contributed by atoms with Crippen LogP contribution in [0.5, 0.6) is 11.5 Å². The normalized spacial score (nSPS) is 11.6. The first kappa shape index (κ1) is 17.9. The third-order valence-corrected chi connectivity index (χ3v) is 3.91. The maximum absolute atomic E-state index is 14.7. The van der Waals surface area contributed by atoms with Crippen molar-refractivity contribution in [1.29, 1.82) is 0 Å². The molecule has 0 atom stereocenters. The number of H-pyrrole nitrogens is 1. The fourth-order valence-electron chi connectivity index (χ4n) is 2.85. The van der Waals surface area contributed by atoms with Crippen LogP contribution in [0.1, 0.15) is 20.8 Å². The van der Waals surface area contributed by atoms with Crippen molar-refractivity contribution in [2.45, 2.75) is 26.3 Å². The number of aromatic amines is 1. The first-order chi connectivity index (χ1) is 12.3. The Morgan fingerprint density at radius 2 is 2.04 bits per heavy atom. The predicted octanol–water partition coefficient (Wildman–Crippen LogP) is 3.58. The molecule has 3 rings (SSSR count). The van der Waals surface area contributed by atoms with Crippen LogP contribution in [0.3, 0.4) is 0 Å². The van der Waals surface area contributed by atoms with Gasteiger partial charge in [0.15, 0.2) is 11.6 Å². The number of hydrogen-bond acceptors (Lipinski definition) is 4. The molecule has 6 nitrogen and oxygen atoms in total. The zero-order valence-corrected chi connectivity index (χ0v) is 14.9. The van der Waals surface area contributed by atoms with E-state index in [1.54, 1.807) is 24.5 Å². The van der Waals surface area contributed by atoms with Gasteiger partial charge in [0.2, 0.25) is 5.91 Å². The van der Waals surface area contributed by atoms with Gasteiger partial charge in [-0.25, -0.2) is 9.37 Å². The summed E-state index contributed by atoms with van der Waals surface area (Å²) >= 11 is 0. The molecule has 0 spiro atoms. The van der Waals surface area contributed by atoms with E-state index < -0.39 is 11.4 Å². The van der Waals surface area contributed by atoms with Gasteiger partial charge in [-0.05, 0) is 45.0 Å². The minimum Gasteiger partial charge on any atom is -0.453 e. The average molecular weight is 356 g/mol. The summed E-state index contributed by atoms with van der Waals surface area (Å²) in [6.45, 7) is 5.44. The van der Waals surface area contributed by atoms with E-state index in [0.29, 0.717) is 17.1 Å². The summed E-state index contributed by atoms with van der Waals surface area (Å²) in [4.78, 5) is 20.8. The number of halogens is 1. The van der Waals surface area contributed by atoms with Crippen LogP contribution in [0.4, 0.5) is 10.1 Å². The van der Waals surface area contributed by atoms with Crippen molar-refractivity contribution in [2.75, 3.05) is 11.4 Å². The summed E-state index contributed by atoms with van der Waals surface area (Å²) in [5.74, 6) is -0.291. The van der Waals surface area contributed by atoms with Gasteiger partial charge in [-0.3, -0.25) is 4.79 Å². The van der Waals surface area contributed by atoms with Gasteiger partial charge in [-0.1, -0.05) is 0 Å². The minimum absolute atomic E-state index is 0.0662. The van der Waals surface area contributed by atoms with Gasteiger partial charge in [0.1, 0.15) is 11.4 Å². The molecule has 0 saturated carbocycles. The van der Waals surface area contributed by atoms with E-state index in [-0.39, 0.29) is 18.2 Å². The number of nitrogens with two attached hydrogens (primary N) is 1. The molecule has 0 aliphatic heterocycles. The number of ether oxygens (including phenoxy) is 1. The standard InChI is InChI=1S/C19H21FN4O2/c1-19(2,3)24(17(25)11-21)12-4-5-16(14(20)10-12)26-15-7-9-23-18-13(15)6-8-22-18/h4-10H,11,21H2,1-3H3,(H,22,23). The molecular weight excluding hydrogens is 335 g/mol. The van der Waals surface area contributed by atoms with Crippen LogP contribution >= 0.6 is 0 Å². The third-order valence-electron chi connectivity index (χ3n) is 3.91. The molecule has 7 heteroatoms. The lowest BCUT2D eigenvalue weighted by Gasteiger charge is -2.35. The summed E-state index contributed by atoms with van der Waals surface area (Å²) in [5, 5.41) is 0.755. The molecule has 3 aromatic rings. The highest BCUT2D eigenvalue weighted by atomic mass is 19.1. The van der Waals surface area contributed by atoms with E-state index in [1.165, 1.54) is 17.0 Å². The minimum atomic E-state index is -0.568. The number of nitrogens with zero attached hydrogens (tertiary/aromatic N) is 2. The molecule has 0 fully saturated rings. The summed E-state index contributed by atoms with van der Waals surface area (Å²) < 4.78 is 20.4. The molecule has 0 bridgehead atoms. The van der Waals surface area contributed by atoms with Crippen LogP contribution < -0.4 is 15.4 Å². The lowest BCUT2D eigenvalue weighted by atomic mass is 10.0. The van der Waals surface area contributed by atoms with Gasteiger partial charge in [-0.2, -0.15) is 0 Å². The molecule has 0 aliphatic rings. The Labute approximate surface area is 150 Å². The number of carbonyl (C=O) groups excluding carboxylic acids is 1. The Morgan fingerprint density at radius 3 is 2.69 bits per heavy atom. The van der Waals surface area contributed by atoms with E-state index in [4.69, 9.17) is 10.5 Å². The van der Waals surface area contributed by atoms with Gasteiger partial charge in [0.05, 0.1) is 11.9 Å². The highest BCUT2D eigenvalue weighted by Crippen LogP contribution is 2.33. The smallest absolute Gasteiger partial charge is 0.241 e. The number of carbonyl (C=O) groups is 1. The maximum Gasteiger partial charge on any atom is 0.241 e. The predicted molar refractivity (Wildman–Crippen MR) is 98.9 cm³/mol. The number of nitrogens with one attached hydrogen (secondary N) is 1. The van der Waals surface area contributed by atoms with Crippen molar-refractivity contribution >= 4 is 22.6 Å². The summed E-state index contributed by atoms with van der Waals surface area (Å²) in [5.41, 5.74) is 6.06. The van der Waals surface area contributed by atoms with E-state index >= 15 is 0 Å². The van der Waals surface area contributed by atoms with Crippen molar-refractivity contribution in [3.8, 4) is 11.5 Å². The molecule has 0 aliphatic carbocycles. The SMILES string of the molecule is CC(C)(C)N(C(=O)CN)c1ccc(Oc2ccnc3[nH]ccc23)c(F)c1. The zero-order valence-electron chi connectivity index (χ0n) is 14.9. The van der Waals surface area contributed by atoms with Gasteiger partial charge in [0, 0.05) is 29.7 Å². The first-order valence-corrected chi connectivity index (χ1v) is 8.24. The van der Waals surface area contributed by atoms with E-state index in [1.807, 2.05) is 26.8 Å². The first-order valence-electron chi connectivity index (χ1n) is 8.24. The molecule has 1 aromatic carbocycles. The number of benzene rings is 1. The summed E-state index contributed by atoms with van der Waals surface area (Å²) in [7, 11) is 0. The Kier molecular flexibility index (Phi) is 4.65. The topological polar surface area (TPSA) is 84.2 Å². The van der Waals surface area contributed by atoms with Crippen molar-refractivity contribution in [2.24, 2.45) is 5.73 Å². The van der Waals surface area contributed by atoms with Gasteiger partial charge >= 0.3 is 0 Å². The van der Waals surface area contributed by atoms with Crippen LogP contribution in [0.25, 0.3) is 11.0 Å². The average Bonchev–Trinajstić information content (AvgIpc) is 3.05. The fourth-order valence-corrected chi connectivity index (χ4v) is 2.85. The van der Waals surface area contributed by atoms with Gasteiger partial charge < -0.3 is 20.4 Å². The summed E-state index contributed by atoms with van der Waals surface area (Å²) in [6.07, 6.45) is 3.32. The molecule has 2 aromatic heterocycles. The highest BCUT2D eigenvalue weighted by Gasteiger charge is 2.28. The van der Waals surface area contributed by atoms with Crippen LogP contribution in [0.15, 0.2) is 42.7 Å². The Hall–Kier alpha value is -2.93. The number of fused-ring (bicyclic) bond motifs is 1.